The van der Waals surface area contributed by atoms with E-state index >= 15 is 0 Å². The highest BCUT2D eigenvalue weighted by Crippen LogP contribution is 2.67. The molecule has 1 heteroatoms. The Hall–Kier alpha value is -0.560. The quantitative estimate of drug-likeness (QED) is 0.474. The van der Waals surface area contributed by atoms with Crippen molar-refractivity contribution in [1.82, 2.24) is 0 Å². The van der Waals surface area contributed by atoms with Crippen molar-refractivity contribution >= 4 is 0 Å². The first kappa shape index (κ1) is 21.7. The van der Waals surface area contributed by atoms with Gasteiger partial charge in [0.25, 0.3) is 0 Å². The molecule has 0 aromatic rings. The van der Waals surface area contributed by atoms with E-state index < -0.39 is 0 Å². The van der Waals surface area contributed by atoms with Crippen LogP contribution in [0.2, 0.25) is 0 Å². The lowest BCUT2D eigenvalue weighted by Crippen LogP contribution is -2.50. The smallest absolute Gasteiger partial charge is 0.0577 e. The minimum Gasteiger partial charge on any atom is -0.393 e. The van der Waals surface area contributed by atoms with Crippen LogP contribution in [0.25, 0.3) is 0 Å². The van der Waals surface area contributed by atoms with Crippen LogP contribution in [0.15, 0.2) is 23.8 Å². The standard InChI is InChI=1S/C28H46O/c1-18(2)19(3)7-8-20(4)24-11-12-25-23-10-9-21-17-22(29)13-15-27(21,5)26(23)14-16-28(24,25)6/h9,19-20,22-26,29H,1,7-8,10-17H2,2-6H3/t19-,20+,22?,23-,24+,25-,26-,27-,28+/m0/s1. The number of aliphatic hydroxyl groups excluding tert-OH is 1. The van der Waals surface area contributed by atoms with Gasteiger partial charge in [-0.05, 0) is 117 Å². The molecule has 0 bridgehead atoms. The molecule has 3 fully saturated rings. The van der Waals surface area contributed by atoms with Crippen LogP contribution in [0.1, 0.15) is 98.8 Å². The van der Waals surface area contributed by atoms with Gasteiger partial charge in [-0.25, -0.2) is 0 Å². The Balaban J connectivity index is 1.49. The molecular formula is C28H46O. The second-order valence-electron chi connectivity index (χ2n) is 12.2. The van der Waals surface area contributed by atoms with Gasteiger partial charge in [-0.1, -0.05) is 51.5 Å². The van der Waals surface area contributed by atoms with E-state index in [4.69, 9.17) is 0 Å². The molecule has 29 heavy (non-hydrogen) atoms. The van der Waals surface area contributed by atoms with Crippen LogP contribution in [0.4, 0.5) is 0 Å². The molecule has 0 aromatic heterocycles. The van der Waals surface area contributed by atoms with Crippen molar-refractivity contribution in [3.05, 3.63) is 23.8 Å². The summed E-state index contributed by atoms with van der Waals surface area (Å²) in [5.74, 6) is 5.11. The molecule has 0 aliphatic heterocycles. The summed E-state index contributed by atoms with van der Waals surface area (Å²) >= 11 is 0. The summed E-state index contributed by atoms with van der Waals surface area (Å²) in [6, 6.07) is 0. The predicted molar refractivity (Wildman–Crippen MR) is 124 cm³/mol. The topological polar surface area (TPSA) is 20.2 Å². The van der Waals surface area contributed by atoms with Crippen LogP contribution in [0.5, 0.6) is 0 Å². The lowest BCUT2D eigenvalue weighted by molar-refractivity contribution is -0.0573. The maximum absolute atomic E-state index is 10.2. The molecule has 0 amide bonds. The van der Waals surface area contributed by atoms with E-state index in [2.05, 4.69) is 47.3 Å². The first-order valence-corrected chi connectivity index (χ1v) is 12.7. The van der Waals surface area contributed by atoms with E-state index in [0.29, 0.717) is 16.7 Å². The van der Waals surface area contributed by atoms with Gasteiger partial charge in [-0.15, -0.1) is 0 Å². The highest BCUT2D eigenvalue weighted by molar-refractivity contribution is 5.25. The van der Waals surface area contributed by atoms with Crippen LogP contribution >= 0.6 is 0 Å². The molecule has 4 rings (SSSR count). The normalized spacial score (nSPS) is 46.1. The van der Waals surface area contributed by atoms with Crippen LogP contribution in [0.3, 0.4) is 0 Å². The van der Waals surface area contributed by atoms with E-state index in [0.717, 1.165) is 42.4 Å². The van der Waals surface area contributed by atoms with Gasteiger partial charge in [0, 0.05) is 0 Å². The van der Waals surface area contributed by atoms with E-state index in [-0.39, 0.29) is 6.10 Å². The molecule has 1 N–H and O–H groups in total. The summed E-state index contributed by atoms with van der Waals surface area (Å²) in [6.07, 6.45) is 15.4. The first-order valence-electron chi connectivity index (χ1n) is 12.7. The Morgan fingerprint density at radius 2 is 1.86 bits per heavy atom. The maximum atomic E-state index is 10.2. The molecule has 4 aliphatic rings. The fourth-order valence-corrected chi connectivity index (χ4v) is 8.58. The Bertz CT molecular complexity index is 661. The van der Waals surface area contributed by atoms with Gasteiger partial charge < -0.3 is 5.11 Å². The van der Waals surface area contributed by atoms with Crippen LogP contribution in [0, 0.1) is 46.3 Å². The molecule has 4 aliphatic carbocycles. The third-order valence-electron chi connectivity index (χ3n) is 10.7. The second-order valence-corrected chi connectivity index (χ2v) is 12.2. The number of rotatable bonds is 5. The molecule has 0 spiro atoms. The average molecular weight is 399 g/mol. The highest BCUT2D eigenvalue weighted by Gasteiger charge is 2.59. The Morgan fingerprint density at radius 1 is 1.10 bits per heavy atom. The summed E-state index contributed by atoms with van der Waals surface area (Å²) in [6.45, 7) is 16.5. The SMILES string of the molecule is C=C(C)[C@@H](C)CC[C@@H](C)[C@H]1CC[C@H]2[C@@H]3CC=C4CC(O)CC[C@]4(C)[C@H]3CC[C@]12C. The second kappa shape index (κ2) is 7.85. The summed E-state index contributed by atoms with van der Waals surface area (Å²) in [5.41, 5.74) is 3.90. The van der Waals surface area contributed by atoms with Gasteiger partial charge in [-0.3, -0.25) is 0 Å². The van der Waals surface area contributed by atoms with Gasteiger partial charge in [0.15, 0.2) is 0 Å². The molecule has 0 heterocycles. The monoisotopic (exact) mass is 398 g/mol. The predicted octanol–water partition coefficient (Wildman–Crippen LogP) is 7.55. The Morgan fingerprint density at radius 3 is 2.59 bits per heavy atom. The van der Waals surface area contributed by atoms with Crippen LogP contribution < -0.4 is 0 Å². The van der Waals surface area contributed by atoms with Crippen molar-refractivity contribution in [2.75, 3.05) is 0 Å². The molecule has 0 saturated heterocycles. The maximum Gasteiger partial charge on any atom is 0.0577 e. The summed E-state index contributed by atoms with van der Waals surface area (Å²) < 4.78 is 0. The molecule has 0 radical (unpaired) electrons. The largest absolute Gasteiger partial charge is 0.393 e. The van der Waals surface area contributed by atoms with E-state index in [1.54, 1.807) is 5.57 Å². The number of hydrogen-bond acceptors (Lipinski definition) is 1. The number of fused-ring (bicyclic) bond motifs is 5. The summed E-state index contributed by atoms with van der Waals surface area (Å²) in [5, 5.41) is 10.2. The number of aliphatic hydroxyl groups is 1. The van der Waals surface area contributed by atoms with Gasteiger partial charge in [0.05, 0.1) is 6.10 Å². The van der Waals surface area contributed by atoms with Crippen molar-refractivity contribution in [3.63, 3.8) is 0 Å². The minimum atomic E-state index is -0.0852. The van der Waals surface area contributed by atoms with Gasteiger partial charge in [0.1, 0.15) is 0 Å². The number of hydrogen-bond donors (Lipinski definition) is 1. The third kappa shape index (κ3) is 3.58. The summed E-state index contributed by atoms with van der Waals surface area (Å²) in [4.78, 5) is 0. The molecule has 0 aromatic carbocycles. The van der Waals surface area contributed by atoms with Crippen LogP contribution in [-0.4, -0.2) is 11.2 Å². The molecule has 1 nitrogen and oxygen atoms in total. The number of allylic oxidation sites excluding steroid dienone is 2. The lowest BCUT2D eigenvalue weighted by atomic mass is 9.47. The average Bonchev–Trinajstić information content (AvgIpc) is 3.03. The van der Waals surface area contributed by atoms with E-state index in [1.807, 2.05) is 0 Å². The highest BCUT2D eigenvalue weighted by atomic mass is 16.3. The zero-order valence-electron chi connectivity index (χ0n) is 19.8. The lowest BCUT2D eigenvalue weighted by Gasteiger charge is -2.58. The van der Waals surface area contributed by atoms with Crippen molar-refractivity contribution in [1.29, 1.82) is 0 Å². The molecule has 9 atom stereocenters. The van der Waals surface area contributed by atoms with Gasteiger partial charge in [0.2, 0.25) is 0 Å². The Kier molecular flexibility index (Phi) is 5.86. The van der Waals surface area contributed by atoms with Crippen molar-refractivity contribution in [2.24, 2.45) is 46.3 Å². The summed E-state index contributed by atoms with van der Waals surface area (Å²) in [7, 11) is 0. The minimum absolute atomic E-state index is 0.0852. The van der Waals surface area contributed by atoms with Gasteiger partial charge in [-0.2, -0.15) is 0 Å². The molecule has 3 saturated carbocycles. The van der Waals surface area contributed by atoms with Crippen molar-refractivity contribution < 1.29 is 5.11 Å². The van der Waals surface area contributed by atoms with E-state index in [1.165, 1.54) is 56.9 Å². The third-order valence-corrected chi connectivity index (χ3v) is 10.7. The van der Waals surface area contributed by atoms with Crippen molar-refractivity contribution in [3.8, 4) is 0 Å². The first-order chi connectivity index (χ1) is 13.7. The van der Waals surface area contributed by atoms with Crippen molar-refractivity contribution in [2.45, 2.75) is 105 Å². The molecule has 164 valence electrons. The fourth-order valence-electron chi connectivity index (χ4n) is 8.58. The van der Waals surface area contributed by atoms with E-state index in [9.17, 15) is 5.11 Å². The zero-order chi connectivity index (χ0) is 21.0. The zero-order valence-corrected chi connectivity index (χ0v) is 19.8. The molecular weight excluding hydrogens is 352 g/mol. The Labute approximate surface area is 180 Å². The van der Waals surface area contributed by atoms with Crippen LogP contribution in [-0.2, 0) is 0 Å². The van der Waals surface area contributed by atoms with Gasteiger partial charge >= 0.3 is 0 Å². The molecule has 1 unspecified atom stereocenters. The fraction of sp³-hybridized carbons (Fsp3) is 0.857.